The van der Waals surface area contributed by atoms with Crippen LogP contribution in [0.4, 0.5) is 0 Å². The molecule has 0 amide bonds. The fourth-order valence-corrected chi connectivity index (χ4v) is 3.34. The van der Waals surface area contributed by atoms with E-state index in [1.165, 1.54) is 18.4 Å². The largest absolute Gasteiger partial charge is 0.492 e. The van der Waals surface area contributed by atoms with Gasteiger partial charge >= 0.3 is 0 Å². The smallest absolute Gasteiger partial charge is 0.133 e. The minimum atomic E-state index is 0.188. The fraction of sp³-hybridized carbons (Fsp3) is 0.625. The Morgan fingerprint density at radius 3 is 2.70 bits per heavy atom. The highest BCUT2D eigenvalue weighted by Gasteiger charge is 2.34. The molecule has 0 aromatic heterocycles. The van der Waals surface area contributed by atoms with Crippen molar-refractivity contribution >= 4 is 15.9 Å². The predicted molar refractivity (Wildman–Crippen MR) is 83.4 cm³/mol. The van der Waals surface area contributed by atoms with Gasteiger partial charge in [0.2, 0.25) is 0 Å². The molecular formula is C16H22BrNO2. The van der Waals surface area contributed by atoms with Crippen LogP contribution in [-0.4, -0.2) is 32.9 Å². The second kappa shape index (κ2) is 6.04. The van der Waals surface area contributed by atoms with E-state index in [9.17, 15) is 0 Å². The molecule has 2 heterocycles. The van der Waals surface area contributed by atoms with Gasteiger partial charge in [-0.2, -0.15) is 0 Å². The summed E-state index contributed by atoms with van der Waals surface area (Å²) in [4.78, 5) is 0. The molecule has 0 unspecified atom stereocenters. The quantitative estimate of drug-likeness (QED) is 0.912. The van der Waals surface area contributed by atoms with Crippen LogP contribution in [0.5, 0.6) is 5.75 Å². The molecule has 0 saturated carbocycles. The van der Waals surface area contributed by atoms with E-state index < -0.39 is 0 Å². The van der Waals surface area contributed by atoms with Crippen molar-refractivity contribution in [3.8, 4) is 5.75 Å². The zero-order valence-electron chi connectivity index (χ0n) is 12.0. The van der Waals surface area contributed by atoms with Gasteiger partial charge in [-0.1, -0.05) is 13.0 Å². The highest BCUT2D eigenvalue weighted by atomic mass is 79.9. The van der Waals surface area contributed by atoms with Gasteiger partial charge in [-0.25, -0.2) is 0 Å². The van der Waals surface area contributed by atoms with Crippen molar-refractivity contribution in [3.05, 3.63) is 28.2 Å². The summed E-state index contributed by atoms with van der Waals surface area (Å²) in [6.07, 6.45) is 2.45. The summed E-state index contributed by atoms with van der Waals surface area (Å²) >= 11 is 3.65. The first kappa shape index (κ1) is 14.4. The Morgan fingerprint density at radius 1 is 1.35 bits per heavy atom. The van der Waals surface area contributed by atoms with E-state index in [2.05, 4.69) is 46.4 Å². The van der Waals surface area contributed by atoms with Gasteiger partial charge in [0.1, 0.15) is 5.75 Å². The zero-order chi connectivity index (χ0) is 14.0. The van der Waals surface area contributed by atoms with Crippen molar-refractivity contribution in [3.63, 3.8) is 0 Å². The number of hydrogen-bond donors (Lipinski definition) is 1. The maximum Gasteiger partial charge on any atom is 0.133 e. The van der Waals surface area contributed by atoms with Crippen LogP contribution in [0.25, 0.3) is 0 Å². The van der Waals surface area contributed by atoms with Crippen LogP contribution >= 0.6 is 15.9 Å². The van der Waals surface area contributed by atoms with Crippen LogP contribution in [0.3, 0.4) is 0 Å². The van der Waals surface area contributed by atoms with Crippen LogP contribution in [-0.2, 0) is 4.74 Å². The molecular weight excluding hydrogens is 318 g/mol. The molecule has 2 aliphatic rings. The second-order valence-corrected chi connectivity index (χ2v) is 7.16. The van der Waals surface area contributed by atoms with Gasteiger partial charge in [0.25, 0.3) is 0 Å². The molecule has 2 saturated heterocycles. The molecule has 0 spiro atoms. The van der Waals surface area contributed by atoms with Crippen molar-refractivity contribution in [1.29, 1.82) is 0 Å². The highest BCUT2D eigenvalue weighted by molar-refractivity contribution is 9.10. The van der Waals surface area contributed by atoms with Crippen LogP contribution in [0.1, 0.15) is 31.2 Å². The van der Waals surface area contributed by atoms with Gasteiger partial charge in [0.15, 0.2) is 0 Å². The number of nitrogens with one attached hydrogen (secondary N) is 1. The third-order valence-corrected chi connectivity index (χ3v) is 4.86. The van der Waals surface area contributed by atoms with E-state index in [0.717, 1.165) is 43.1 Å². The lowest BCUT2D eigenvalue weighted by atomic mass is 9.89. The molecule has 0 atom stereocenters. The summed E-state index contributed by atoms with van der Waals surface area (Å²) in [5, 5.41) is 3.41. The number of hydrogen-bond acceptors (Lipinski definition) is 3. The molecule has 1 aromatic carbocycles. The van der Waals surface area contributed by atoms with Gasteiger partial charge in [0.05, 0.1) is 24.3 Å². The van der Waals surface area contributed by atoms with Crippen LogP contribution < -0.4 is 10.1 Å². The Labute approximate surface area is 129 Å². The normalized spacial score (nSPS) is 22.3. The molecule has 0 radical (unpaired) electrons. The standard InChI is InChI=1S/C16H22BrNO2/c1-16(9-19-10-16)11-20-15-3-2-13(8-14(15)17)12-4-6-18-7-5-12/h2-3,8,12,18H,4-7,9-11H2,1H3. The molecule has 2 aliphatic heterocycles. The molecule has 0 bridgehead atoms. The maximum absolute atomic E-state index is 5.95. The SMILES string of the molecule is CC1(COc2ccc(C3CCNCC3)cc2Br)COC1. The van der Waals surface area contributed by atoms with Gasteiger partial charge in [-0.05, 0) is 65.5 Å². The maximum atomic E-state index is 5.95. The minimum absolute atomic E-state index is 0.188. The number of rotatable bonds is 4. The van der Waals surface area contributed by atoms with Crippen LogP contribution in [0.15, 0.2) is 22.7 Å². The summed E-state index contributed by atoms with van der Waals surface area (Å²) in [5.74, 6) is 1.62. The average Bonchev–Trinajstić information content (AvgIpc) is 2.45. The van der Waals surface area contributed by atoms with Gasteiger partial charge in [0, 0.05) is 5.41 Å². The van der Waals surface area contributed by atoms with Gasteiger partial charge in [-0.15, -0.1) is 0 Å². The number of benzene rings is 1. The summed E-state index contributed by atoms with van der Waals surface area (Å²) in [5.41, 5.74) is 1.61. The Hall–Kier alpha value is -0.580. The van der Waals surface area contributed by atoms with Crippen molar-refractivity contribution in [1.82, 2.24) is 5.32 Å². The number of piperidine rings is 1. The molecule has 20 heavy (non-hydrogen) atoms. The molecule has 3 rings (SSSR count). The molecule has 4 heteroatoms. The third-order valence-electron chi connectivity index (χ3n) is 4.24. The lowest BCUT2D eigenvalue weighted by Gasteiger charge is -2.37. The van der Waals surface area contributed by atoms with E-state index in [-0.39, 0.29) is 5.41 Å². The predicted octanol–water partition coefficient (Wildman–Crippen LogP) is 3.33. The van der Waals surface area contributed by atoms with Crippen molar-refractivity contribution in [2.75, 3.05) is 32.9 Å². The zero-order valence-corrected chi connectivity index (χ0v) is 13.5. The monoisotopic (exact) mass is 339 g/mol. The average molecular weight is 340 g/mol. The van der Waals surface area contributed by atoms with Crippen molar-refractivity contribution < 1.29 is 9.47 Å². The van der Waals surface area contributed by atoms with E-state index in [0.29, 0.717) is 5.92 Å². The summed E-state index contributed by atoms with van der Waals surface area (Å²) in [6.45, 7) is 6.78. The number of halogens is 1. The van der Waals surface area contributed by atoms with Crippen LogP contribution in [0, 0.1) is 5.41 Å². The topological polar surface area (TPSA) is 30.5 Å². The summed E-state index contributed by atoms with van der Waals surface area (Å²) in [7, 11) is 0. The molecule has 1 aromatic rings. The Balaban J connectivity index is 1.64. The first-order valence-corrected chi connectivity index (χ1v) is 8.16. The molecule has 3 nitrogen and oxygen atoms in total. The van der Waals surface area contributed by atoms with Crippen molar-refractivity contribution in [2.45, 2.75) is 25.7 Å². The third kappa shape index (κ3) is 3.18. The Bertz CT molecular complexity index is 468. The first-order valence-electron chi connectivity index (χ1n) is 7.37. The Morgan fingerprint density at radius 2 is 2.10 bits per heavy atom. The summed E-state index contributed by atoms with van der Waals surface area (Å²) in [6, 6.07) is 6.55. The summed E-state index contributed by atoms with van der Waals surface area (Å²) < 4.78 is 12.3. The van der Waals surface area contributed by atoms with E-state index in [1.807, 2.05) is 0 Å². The second-order valence-electron chi connectivity index (χ2n) is 6.31. The van der Waals surface area contributed by atoms with E-state index >= 15 is 0 Å². The van der Waals surface area contributed by atoms with Gasteiger partial charge < -0.3 is 14.8 Å². The van der Waals surface area contributed by atoms with E-state index in [4.69, 9.17) is 9.47 Å². The number of ether oxygens (including phenoxy) is 2. The fourth-order valence-electron chi connectivity index (χ4n) is 2.83. The minimum Gasteiger partial charge on any atom is -0.492 e. The highest BCUT2D eigenvalue weighted by Crippen LogP contribution is 2.34. The van der Waals surface area contributed by atoms with E-state index in [1.54, 1.807) is 0 Å². The Kier molecular flexibility index (Phi) is 4.34. The molecule has 2 fully saturated rings. The van der Waals surface area contributed by atoms with Gasteiger partial charge in [-0.3, -0.25) is 0 Å². The first-order chi connectivity index (χ1) is 9.66. The lowest BCUT2D eigenvalue weighted by Crippen LogP contribution is -2.44. The van der Waals surface area contributed by atoms with Crippen molar-refractivity contribution in [2.24, 2.45) is 5.41 Å². The van der Waals surface area contributed by atoms with Crippen LogP contribution in [0.2, 0.25) is 0 Å². The molecule has 1 N–H and O–H groups in total. The lowest BCUT2D eigenvalue weighted by molar-refractivity contribution is -0.120. The molecule has 110 valence electrons. The molecule has 0 aliphatic carbocycles.